The molecular weight excluding hydrogens is 232 g/mol. The van der Waals surface area contributed by atoms with E-state index in [0.717, 1.165) is 45.2 Å². The van der Waals surface area contributed by atoms with Crippen molar-refractivity contribution >= 4 is 12.0 Å². The second-order valence-corrected chi connectivity index (χ2v) is 5.06. The van der Waals surface area contributed by atoms with Crippen LogP contribution in [0.5, 0.6) is 0 Å². The number of likely N-dealkylation sites (tertiary alicyclic amines) is 2. The molecule has 2 saturated heterocycles. The van der Waals surface area contributed by atoms with E-state index in [9.17, 15) is 9.59 Å². The Bertz CT molecular complexity index is 313. The summed E-state index contributed by atoms with van der Waals surface area (Å²) in [4.78, 5) is 27.7. The van der Waals surface area contributed by atoms with Gasteiger partial charge < -0.3 is 9.64 Å². The molecule has 2 fully saturated rings. The van der Waals surface area contributed by atoms with E-state index in [0.29, 0.717) is 6.54 Å². The van der Waals surface area contributed by atoms with E-state index in [1.807, 2.05) is 4.90 Å². The Morgan fingerprint density at radius 1 is 1.00 bits per heavy atom. The molecule has 2 rings (SSSR count). The molecule has 0 aliphatic carbocycles. The Labute approximate surface area is 108 Å². The molecule has 0 N–H and O–H groups in total. The van der Waals surface area contributed by atoms with Gasteiger partial charge in [-0.15, -0.1) is 0 Å². The zero-order valence-electron chi connectivity index (χ0n) is 11.1. The van der Waals surface area contributed by atoms with E-state index in [1.165, 1.54) is 13.5 Å². The first kappa shape index (κ1) is 13.2. The van der Waals surface area contributed by atoms with E-state index >= 15 is 0 Å². The van der Waals surface area contributed by atoms with E-state index < -0.39 is 0 Å². The fraction of sp³-hybridized carbons (Fsp3) is 0.846. The van der Waals surface area contributed by atoms with E-state index in [1.54, 1.807) is 4.90 Å². The topological polar surface area (TPSA) is 49.9 Å². The van der Waals surface area contributed by atoms with E-state index in [4.69, 9.17) is 4.74 Å². The maximum Gasteiger partial charge on any atom is 0.410 e. The first-order chi connectivity index (χ1) is 8.74. The molecule has 0 unspecified atom stereocenters. The highest BCUT2D eigenvalue weighted by atomic mass is 16.5. The standard InChI is InChI=1S/C13H22N2O3/c1-18-13(17)15-10-6-3-7-11(15)12(16)14-8-4-2-5-9-14/h11H,2-10H2,1H3/t11-/m0/s1. The van der Waals surface area contributed by atoms with Crippen molar-refractivity contribution in [2.45, 2.75) is 44.6 Å². The summed E-state index contributed by atoms with van der Waals surface area (Å²) >= 11 is 0. The van der Waals surface area contributed by atoms with Crippen molar-refractivity contribution in [3.05, 3.63) is 0 Å². The fourth-order valence-corrected chi connectivity index (χ4v) is 2.85. The molecule has 1 atom stereocenters. The van der Waals surface area contributed by atoms with Crippen LogP contribution in [0.1, 0.15) is 38.5 Å². The van der Waals surface area contributed by atoms with Gasteiger partial charge in [-0.3, -0.25) is 9.69 Å². The van der Waals surface area contributed by atoms with Crippen LogP contribution in [0, 0.1) is 0 Å². The third-order valence-electron chi connectivity index (χ3n) is 3.86. The van der Waals surface area contributed by atoms with Gasteiger partial charge in [0.05, 0.1) is 7.11 Å². The van der Waals surface area contributed by atoms with Crippen LogP contribution in [-0.2, 0) is 9.53 Å². The van der Waals surface area contributed by atoms with Crippen molar-refractivity contribution in [1.29, 1.82) is 0 Å². The van der Waals surface area contributed by atoms with Gasteiger partial charge in [0.15, 0.2) is 0 Å². The third-order valence-corrected chi connectivity index (χ3v) is 3.86. The molecule has 0 saturated carbocycles. The third kappa shape index (κ3) is 2.76. The Morgan fingerprint density at radius 2 is 1.67 bits per heavy atom. The van der Waals surface area contributed by atoms with Crippen LogP contribution in [-0.4, -0.2) is 54.6 Å². The lowest BCUT2D eigenvalue weighted by atomic mass is 10.00. The molecule has 0 aromatic heterocycles. The summed E-state index contributed by atoms with van der Waals surface area (Å²) in [7, 11) is 1.37. The average molecular weight is 254 g/mol. The fourth-order valence-electron chi connectivity index (χ4n) is 2.85. The molecule has 0 spiro atoms. The highest BCUT2D eigenvalue weighted by molar-refractivity contribution is 5.86. The molecule has 102 valence electrons. The van der Waals surface area contributed by atoms with Gasteiger partial charge in [-0.05, 0) is 38.5 Å². The number of amides is 2. The van der Waals surface area contributed by atoms with Crippen LogP contribution in [0.3, 0.4) is 0 Å². The van der Waals surface area contributed by atoms with Crippen molar-refractivity contribution in [3.8, 4) is 0 Å². The quantitative estimate of drug-likeness (QED) is 0.714. The number of hydrogen-bond donors (Lipinski definition) is 0. The number of nitrogens with zero attached hydrogens (tertiary/aromatic N) is 2. The lowest BCUT2D eigenvalue weighted by Crippen LogP contribution is -2.53. The Kier molecular flexibility index (Phi) is 4.44. The number of carbonyl (C=O) groups is 2. The van der Waals surface area contributed by atoms with Gasteiger partial charge in [-0.1, -0.05) is 0 Å². The highest BCUT2D eigenvalue weighted by Crippen LogP contribution is 2.21. The lowest BCUT2D eigenvalue weighted by Gasteiger charge is -2.37. The molecule has 2 aliphatic rings. The molecule has 5 heteroatoms. The highest BCUT2D eigenvalue weighted by Gasteiger charge is 2.35. The van der Waals surface area contributed by atoms with Crippen molar-refractivity contribution in [3.63, 3.8) is 0 Å². The summed E-state index contributed by atoms with van der Waals surface area (Å²) in [6.45, 7) is 2.31. The van der Waals surface area contributed by atoms with Crippen LogP contribution in [0.2, 0.25) is 0 Å². The minimum Gasteiger partial charge on any atom is -0.453 e. The number of ether oxygens (including phenoxy) is 1. The van der Waals surface area contributed by atoms with Crippen LogP contribution < -0.4 is 0 Å². The van der Waals surface area contributed by atoms with Gasteiger partial charge in [0.1, 0.15) is 6.04 Å². The van der Waals surface area contributed by atoms with Gasteiger partial charge in [0, 0.05) is 19.6 Å². The zero-order chi connectivity index (χ0) is 13.0. The minimum absolute atomic E-state index is 0.111. The van der Waals surface area contributed by atoms with Gasteiger partial charge in [-0.2, -0.15) is 0 Å². The summed E-state index contributed by atoms with van der Waals surface area (Å²) in [5.41, 5.74) is 0. The molecule has 0 radical (unpaired) electrons. The number of methoxy groups -OCH3 is 1. The normalized spacial score (nSPS) is 24.8. The zero-order valence-corrected chi connectivity index (χ0v) is 11.1. The Morgan fingerprint density at radius 3 is 2.33 bits per heavy atom. The molecule has 2 amide bonds. The monoisotopic (exact) mass is 254 g/mol. The van der Waals surface area contributed by atoms with Crippen molar-refractivity contribution in [2.75, 3.05) is 26.7 Å². The maximum atomic E-state index is 12.5. The molecule has 2 heterocycles. The predicted octanol–water partition coefficient (Wildman–Crippen LogP) is 1.62. The number of carbonyl (C=O) groups excluding carboxylic acids is 2. The molecule has 0 aromatic rings. The van der Waals surface area contributed by atoms with Gasteiger partial charge >= 0.3 is 6.09 Å². The van der Waals surface area contributed by atoms with Gasteiger partial charge in [0.25, 0.3) is 0 Å². The summed E-state index contributed by atoms with van der Waals surface area (Å²) in [5.74, 6) is 0.111. The van der Waals surface area contributed by atoms with Crippen LogP contribution >= 0.6 is 0 Å². The number of rotatable bonds is 1. The van der Waals surface area contributed by atoms with E-state index in [2.05, 4.69) is 0 Å². The second kappa shape index (κ2) is 6.07. The largest absolute Gasteiger partial charge is 0.453 e. The summed E-state index contributed by atoms with van der Waals surface area (Å²) < 4.78 is 4.77. The molecule has 18 heavy (non-hydrogen) atoms. The predicted molar refractivity (Wildman–Crippen MR) is 67.2 cm³/mol. The summed E-state index contributed by atoms with van der Waals surface area (Å²) in [5, 5.41) is 0. The molecule has 0 bridgehead atoms. The first-order valence-corrected chi connectivity index (χ1v) is 6.87. The second-order valence-electron chi connectivity index (χ2n) is 5.06. The summed E-state index contributed by atoms with van der Waals surface area (Å²) in [6.07, 6.45) is 5.73. The van der Waals surface area contributed by atoms with E-state index in [-0.39, 0.29) is 18.0 Å². The van der Waals surface area contributed by atoms with Crippen molar-refractivity contribution in [2.24, 2.45) is 0 Å². The lowest BCUT2D eigenvalue weighted by molar-refractivity contribution is -0.138. The Hall–Kier alpha value is -1.26. The molecule has 0 aromatic carbocycles. The van der Waals surface area contributed by atoms with Crippen LogP contribution in [0.25, 0.3) is 0 Å². The van der Waals surface area contributed by atoms with Crippen LogP contribution in [0.15, 0.2) is 0 Å². The average Bonchev–Trinajstić information content (AvgIpc) is 2.46. The van der Waals surface area contributed by atoms with Gasteiger partial charge in [0.2, 0.25) is 5.91 Å². The molecule has 5 nitrogen and oxygen atoms in total. The number of hydrogen-bond acceptors (Lipinski definition) is 3. The van der Waals surface area contributed by atoms with Gasteiger partial charge in [-0.25, -0.2) is 4.79 Å². The SMILES string of the molecule is COC(=O)N1CCCC[C@H]1C(=O)N1CCCCC1. The summed E-state index contributed by atoms with van der Waals surface area (Å²) in [6, 6.07) is -0.302. The maximum absolute atomic E-state index is 12.5. The van der Waals surface area contributed by atoms with Crippen molar-refractivity contribution < 1.29 is 14.3 Å². The first-order valence-electron chi connectivity index (χ1n) is 6.87. The minimum atomic E-state index is -0.370. The molecule has 2 aliphatic heterocycles. The number of piperidine rings is 2. The van der Waals surface area contributed by atoms with Crippen molar-refractivity contribution in [1.82, 2.24) is 9.80 Å². The molecular formula is C13H22N2O3. The van der Waals surface area contributed by atoms with Crippen LogP contribution in [0.4, 0.5) is 4.79 Å². The smallest absolute Gasteiger partial charge is 0.410 e. The Balaban J connectivity index is 2.03.